The van der Waals surface area contributed by atoms with E-state index < -0.39 is 0 Å². The monoisotopic (exact) mass is 437 g/mol. The fourth-order valence-electron chi connectivity index (χ4n) is 9.76. The molecule has 4 aliphatic carbocycles. The van der Waals surface area contributed by atoms with Gasteiger partial charge in [0.25, 0.3) is 0 Å². The number of aliphatic hydroxyl groups is 1. The van der Waals surface area contributed by atoms with Gasteiger partial charge in [-0.1, -0.05) is 33.3 Å². The molecule has 2 nitrogen and oxygen atoms in total. The highest BCUT2D eigenvalue weighted by Crippen LogP contribution is 2.66. The van der Waals surface area contributed by atoms with Gasteiger partial charge in [0.15, 0.2) is 0 Å². The highest BCUT2D eigenvalue weighted by molar-refractivity contribution is 5.15. The van der Waals surface area contributed by atoms with Gasteiger partial charge in [0, 0.05) is 11.9 Å². The van der Waals surface area contributed by atoms with Crippen LogP contribution in [0.1, 0.15) is 103 Å². The fourth-order valence-corrected chi connectivity index (χ4v) is 9.76. The van der Waals surface area contributed by atoms with E-state index in [-0.39, 0.29) is 5.60 Å². The average molecular weight is 438 g/mol. The third-order valence-electron chi connectivity index (χ3n) is 11.1. The highest BCUT2D eigenvalue weighted by atomic mass is 16.3. The van der Waals surface area contributed by atoms with Crippen molar-refractivity contribution in [2.75, 3.05) is 0 Å². The molecule has 1 aromatic rings. The number of hydrogen-bond acceptors (Lipinski definition) is 2. The Morgan fingerprint density at radius 1 is 1.03 bits per heavy atom. The standard InChI is InChI=1S/C30H47NO/c1-5-14-30(32)16-13-24-23(18-30)8-9-26-25(24)12-15-29(4)27(10-11-28(26)29)20(2)17-22-7-6-21(3)31-19-22/h6-7,19-20,23-28,32H,5,8-18H2,1-4H3/t20-,23-,24+,25-,26-,27-,28+,29-,30-/m1/s1. The van der Waals surface area contributed by atoms with E-state index in [0.717, 1.165) is 72.8 Å². The third-order valence-corrected chi connectivity index (χ3v) is 11.1. The van der Waals surface area contributed by atoms with Crippen LogP contribution in [0.4, 0.5) is 0 Å². The summed E-state index contributed by atoms with van der Waals surface area (Å²) in [4.78, 5) is 4.55. The van der Waals surface area contributed by atoms with Crippen molar-refractivity contribution < 1.29 is 5.11 Å². The molecule has 0 amide bonds. The first kappa shape index (κ1) is 22.9. The molecule has 4 fully saturated rings. The molecule has 1 heterocycles. The van der Waals surface area contributed by atoms with Crippen molar-refractivity contribution in [3.05, 3.63) is 29.6 Å². The van der Waals surface area contributed by atoms with Gasteiger partial charge >= 0.3 is 0 Å². The molecule has 0 saturated heterocycles. The number of aromatic nitrogens is 1. The average Bonchev–Trinajstić information content (AvgIpc) is 3.12. The van der Waals surface area contributed by atoms with E-state index in [1.165, 1.54) is 56.9 Å². The summed E-state index contributed by atoms with van der Waals surface area (Å²) in [6.45, 7) is 9.52. The van der Waals surface area contributed by atoms with Crippen LogP contribution in [0, 0.1) is 53.8 Å². The van der Waals surface area contributed by atoms with Gasteiger partial charge < -0.3 is 5.11 Å². The van der Waals surface area contributed by atoms with Gasteiger partial charge in [-0.3, -0.25) is 4.98 Å². The van der Waals surface area contributed by atoms with Gasteiger partial charge in [-0.15, -0.1) is 0 Å². The molecular formula is C30H47NO. The maximum atomic E-state index is 11.1. The molecule has 4 saturated carbocycles. The molecule has 0 unspecified atom stereocenters. The first-order valence-electron chi connectivity index (χ1n) is 14.0. The second-order valence-corrected chi connectivity index (χ2v) is 12.9. The van der Waals surface area contributed by atoms with E-state index in [1.54, 1.807) is 0 Å². The van der Waals surface area contributed by atoms with E-state index in [0.29, 0.717) is 5.41 Å². The van der Waals surface area contributed by atoms with E-state index in [9.17, 15) is 5.11 Å². The Bertz CT molecular complexity index is 789. The first-order valence-corrected chi connectivity index (χ1v) is 14.0. The van der Waals surface area contributed by atoms with Crippen LogP contribution in [0.15, 0.2) is 18.3 Å². The molecule has 178 valence electrons. The lowest BCUT2D eigenvalue weighted by atomic mass is 9.48. The summed E-state index contributed by atoms with van der Waals surface area (Å²) in [5.74, 6) is 6.19. The van der Waals surface area contributed by atoms with E-state index in [2.05, 4.69) is 51.0 Å². The molecule has 0 spiro atoms. The minimum Gasteiger partial charge on any atom is -0.390 e. The minimum atomic E-state index is -0.343. The van der Waals surface area contributed by atoms with Crippen molar-refractivity contribution in [2.45, 2.75) is 110 Å². The van der Waals surface area contributed by atoms with Gasteiger partial charge in [0.1, 0.15) is 0 Å². The van der Waals surface area contributed by atoms with Crippen molar-refractivity contribution in [3.8, 4) is 0 Å². The van der Waals surface area contributed by atoms with E-state index in [4.69, 9.17) is 0 Å². The molecule has 0 bridgehead atoms. The van der Waals surface area contributed by atoms with Gasteiger partial charge in [0.05, 0.1) is 5.60 Å². The van der Waals surface area contributed by atoms with Gasteiger partial charge in [-0.2, -0.15) is 0 Å². The number of fused-ring (bicyclic) bond motifs is 5. The Balaban J connectivity index is 1.27. The van der Waals surface area contributed by atoms with Crippen molar-refractivity contribution in [1.29, 1.82) is 0 Å². The highest BCUT2D eigenvalue weighted by Gasteiger charge is 2.58. The zero-order valence-electron chi connectivity index (χ0n) is 21.2. The number of nitrogens with zero attached hydrogens (tertiary/aromatic N) is 1. The molecule has 32 heavy (non-hydrogen) atoms. The summed E-state index contributed by atoms with van der Waals surface area (Å²) >= 11 is 0. The van der Waals surface area contributed by atoms with Crippen LogP contribution in [0.25, 0.3) is 0 Å². The summed E-state index contributed by atoms with van der Waals surface area (Å²) in [5, 5.41) is 11.1. The molecule has 4 aliphatic rings. The third kappa shape index (κ3) is 3.97. The summed E-state index contributed by atoms with van der Waals surface area (Å²) in [7, 11) is 0. The smallest absolute Gasteiger partial charge is 0.0650 e. The molecule has 9 atom stereocenters. The van der Waals surface area contributed by atoms with Crippen molar-refractivity contribution in [1.82, 2.24) is 4.98 Å². The second kappa shape index (κ2) is 8.71. The quantitative estimate of drug-likeness (QED) is 0.521. The molecule has 1 N–H and O–H groups in total. The molecule has 0 radical (unpaired) electrons. The Hall–Kier alpha value is -0.890. The summed E-state index contributed by atoms with van der Waals surface area (Å²) in [5.41, 5.74) is 2.75. The van der Waals surface area contributed by atoms with E-state index >= 15 is 0 Å². The van der Waals surface area contributed by atoms with Crippen molar-refractivity contribution >= 4 is 0 Å². The molecular weight excluding hydrogens is 390 g/mol. The van der Waals surface area contributed by atoms with Gasteiger partial charge in [0.2, 0.25) is 0 Å². The maximum Gasteiger partial charge on any atom is 0.0650 e. The number of pyridine rings is 1. The number of aryl methyl sites for hydroxylation is 1. The summed E-state index contributed by atoms with van der Waals surface area (Å²) in [6.07, 6.45) is 17.5. The molecule has 0 aliphatic heterocycles. The van der Waals surface area contributed by atoms with Gasteiger partial charge in [-0.25, -0.2) is 0 Å². The predicted molar refractivity (Wildman–Crippen MR) is 132 cm³/mol. The van der Waals surface area contributed by atoms with E-state index in [1.807, 2.05) is 0 Å². The summed E-state index contributed by atoms with van der Waals surface area (Å²) < 4.78 is 0. The lowest BCUT2D eigenvalue weighted by Gasteiger charge is -2.57. The Kier molecular flexibility index (Phi) is 6.23. The Labute approximate surface area is 197 Å². The second-order valence-electron chi connectivity index (χ2n) is 12.9. The lowest BCUT2D eigenvalue weighted by molar-refractivity contribution is -0.110. The van der Waals surface area contributed by atoms with Crippen molar-refractivity contribution in [2.24, 2.45) is 46.8 Å². The molecule has 1 aromatic heterocycles. The van der Waals surface area contributed by atoms with Crippen LogP contribution in [0.3, 0.4) is 0 Å². The zero-order valence-corrected chi connectivity index (χ0v) is 21.2. The minimum absolute atomic E-state index is 0.343. The normalized spacial score (nSPS) is 44.4. The van der Waals surface area contributed by atoms with Crippen molar-refractivity contribution in [3.63, 3.8) is 0 Å². The first-order chi connectivity index (χ1) is 15.3. The van der Waals surface area contributed by atoms with Gasteiger partial charge in [-0.05, 0) is 136 Å². The van der Waals surface area contributed by atoms with Crippen LogP contribution in [-0.4, -0.2) is 15.7 Å². The maximum absolute atomic E-state index is 11.1. The molecule has 0 aromatic carbocycles. The fraction of sp³-hybridized carbons (Fsp3) is 0.833. The Morgan fingerprint density at radius 2 is 1.84 bits per heavy atom. The predicted octanol–water partition coefficient (Wildman–Crippen LogP) is 7.37. The summed E-state index contributed by atoms with van der Waals surface area (Å²) in [6, 6.07) is 4.48. The zero-order chi connectivity index (χ0) is 22.5. The molecule has 5 rings (SSSR count). The van der Waals surface area contributed by atoms with Crippen LogP contribution in [0.5, 0.6) is 0 Å². The molecule has 2 heteroatoms. The SMILES string of the molecule is CCC[C@@]1(O)CC[C@H]2[C@H](CC[C@@H]3[C@@H]2CC[C@]2(C)[C@@H]([C@H](C)Cc4ccc(C)nc4)CC[C@@H]32)C1. The van der Waals surface area contributed by atoms with Crippen LogP contribution in [-0.2, 0) is 6.42 Å². The Morgan fingerprint density at radius 3 is 2.59 bits per heavy atom. The van der Waals surface area contributed by atoms with Crippen LogP contribution < -0.4 is 0 Å². The van der Waals surface area contributed by atoms with Crippen LogP contribution >= 0.6 is 0 Å². The number of rotatable bonds is 5. The van der Waals surface area contributed by atoms with Crippen LogP contribution in [0.2, 0.25) is 0 Å². The number of hydrogen-bond donors (Lipinski definition) is 1. The lowest BCUT2D eigenvalue weighted by Crippen LogP contribution is -2.51. The largest absolute Gasteiger partial charge is 0.390 e. The topological polar surface area (TPSA) is 33.1 Å².